The Kier molecular flexibility index (Phi) is 3.39. The SMILES string of the molecule is C#CCn1cnc2c(N)nc(NCc3ccccc3)nc21. The number of nitrogens with one attached hydrogen (secondary N) is 1. The van der Waals surface area contributed by atoms with Crippen LogP contribution in [0.15, 0.2) is 36.7 Å². The lowest BCUT2D eigenvalue weighted by atomic mass is 10.2. The first-order valence-corrected chi connectivity index (χ1v) is 6.47. The Morgan fingerprint density at radius 3 is 2.81 bits per heavy atom. The molecule has 0 bridgehead atoms. The fourth-order valence-electron chi connectivity index (χ4n) is 2.04. The first-order chi connectivity index (χ1) is 10.3. The number of aromatic nitrogens is 4. The molecule has 0 saturated heterocycles. The van der Waals surface area contributed by atoms with Gasteiger partial charge in [-0.1, -0.05) is 36.3 Å². The maximum atomic E-state index is 5.92. The molecule has 0 aliphatic carbocycles. The van der Waals surface area contributed by atoms with Crippen LogP contribution in [-0.4, -0.2) is 19.5 Å². The summed E-state index contributed by atoms with van der Waals surface area (Å²) in [4.78, 5) is 12.8. The molecule has 3 rings (SSSR count). The summed E-state index contributed by atoms with van der Waals surface area (Å²) in [6, 6.07) is 9.99. The molecule has 6 heteroatoms. The van der Waals surface area contributed by atoms with Crippen LogP contribution in [0.4, 0.5) is 11.8 Å². The Balaban J connectivity index is 1.89. The van der Waals surface area contributed by atoms with Crippen LogP contribution in [0, 0.1) is 12.3 Å². The maximum Gasteiger partial charge on any atom is 0.227 e. The van der Waals surface area contributed by atoms with Crippen molar-refractivity contribution in [2.24, 2.45) is 0 Å². The van der Waals surface area contributed by atoms with Gasteiger partial charge in [0.1, 0.15) is 5.52 Å². The van der Waals surface area contributed by atoms with E-state index in [0.717, 1.165) is 5.56 Å². The second-order valence-electron chi connectivity index (χ2n) is 4.52. The Labute approximate surface area is 122 Å². The van der Waals surface area contributed by atoms with Crippen LogP contribution in [0.3, 0.4) is 0 Å². The molecule has 2 aromatic heterocycles. The highest BCUT2D eigenvalue weighted by Gasteiger charge is 2.10. The van der Waals surface area contributed by atoms with Gasteiger partial charge in [-0.25, -0.2) is 4.98 Å². The van der Waals surface area contributed by atoms with E-state index in [1.807, 2.05) is 30.3 Å². The van der Waals surface area contributed by atoms with Crippen molar-refractivity contribution in [2.45, 2.75) is 13.1 Å². The average molecular weight is 278 g/mol. The zero-order valence-corrected chi connectivity index (χ0v) is 11.3. The van der Waals surface area contributed by atoms with Gasteiger partial charge in [0.05, 0.1) is 12.9 Å². The minimum atomic E-state index is 0.339. The number of anilines is 2. The molecule has 3 N–H and O–H groups in total. The lowest BCUT2D eigenvalue weighted by Gasteiger charge is -2.06. The van der Waals surface area contributed by atoms with Crippen molar-refractivity contribution in [1.82, 2.24) is 19.5 Å². The molecule has 104 valence electrons. The van der Waals surface area contributed by atoms with Crippen molar-refractivity contribution in [3.63, 3.8) is 0 Å². The monoisotopic (exact) mass is 278 g/mol. The minimum Gasteiger partial charge on any atom is -0.382 e. The van der Waals surface area contributed by atoms with Gasteiger partial charge in [0.2, 0.25) is 5.95 Å². The summed E-state index contributed by atoms with van der Waals surface area (Å²) in [7, 11) is 0. The molecule has 0 fully saturated rings. The summed E-state index contributed by atoms with van der Waals surface area (Å²) >= 11 is 0. The maximum absolute atomic E-state index is 5.92. The molecular weight excluding hydrogens is 264 g/mol. The predicted molar refractivity (Wildman–Crippen MR) is 82.3 cm³/mol. The van der Waals surface area contributed by atoms with E-state index < -0.39 is 0 Å². The predicted octanol–water partition coefficient (Wildman–Crippen LogP) is 1.65. The summed E-state index contributed by atoms with van der Waals surface area (Å²) in [5.41, 5.74) is 8.25. The van der Waals surface area contributed by atoms with Gasteiger partial charge in [-0.3, -0.25) is 0 Å². The number of hydrogen-bond acceptors (Lipinski definition) is 5. The topological polar surface area (TPSA) is 81.7 Å². The van der Waals surface area contributed by atoms with E-state index in [9.17, 15) is 0 Å². The molecule has 0 unspecified atom stereocenters. The molecule has 6 nitrogen and oxygen atoms in total. The highest BCUT2D eigenvalue weighted by Crippen LogP contribution is 2.18. The third-order valence-electron chi connectivity index (χ3n) is 3.05. The zero-order valence-electron chi connectivity index (χ0n) is 11.3. The van der Waals surface area contributed by atoms with Crippen LogP contribution < -0.4 is 11.1 Å². The van der Waals surface area contributed by atoms with Gasteiger partial charge in [0, 0.05) is 6.54 Å². The summed E-state index contributed by atoms with van der Waals surface area (Å²) in [6.07, 6.45) is 6.95. The molecule has 0 saturated carbocycles. The van der Waals surface area contributed by atoms with E-state index in [4.69, 9.17) is 12.2 Å². The Morgan fingerprint density at radius 1 is 1.24 bits per heavy atom. The molecule has 0 radical (unpaired) electrons. The smallest absolute Gasteiger partial charge is 0.227 e. The Hall–Kier alpha value is -3.07. The Bertz CT molecular complexity index is 800. The fraction of sp³-hybridized carbons (Fsp3) is 0.133. The van der Waals surface area contributed by atoms with Gasteiger partial charge >= 0.3 is 0 Å². The van der Waals surface area contributed by atoms with Gasteiger partial charge < -0.3 is 15.6 Å². The Morgan fingerprint density at radius 2 is 2.05 bits per heavy atom. The quantitative estimate of drug-likeness (QED) is 0.709. The minimum absolute atomic E-state index is 0.339. The molecule has 1 aromatic carbocycles. The van der Waals surface area contributed by atoms with Gasteiger partial charge in [0.15, 0.2) is 11.5 Å². The zero-order chi connectivity index (χ0) is 14.7. The van der Waals surface area contributed by atoms with Crippen LogP contribution in [0.2, 0.25) is 0 Å². The lowest BCUT2D eigenvalue weighted by molar-refractivity contribution is 0.856. The first kappa shape index (κ1) is 12.9. The number of nitrogens with zero attached hydrogens (tertiary/aromatic N) is 4. The van der Waals surface area contributed by atoms with E-state index in [1.54, 1.807) is 10.9 Å². The van der Waals surface area contributed by atoms with Crippen molar-refractivity contribution >= 4 is 22.9 Å². The number of hydrogen-bond donors (Lipinski definition) is 2. The highest BCUT2D eigenvalue weighted by atomic mass is 15.2. The molecule has 0 aliphatic heterocycles. The summed E-state index contributed by atoms with van der Waals surface area (Å²) in [6.45, 7) is 1.01. The van der Waals surface area contributed by atoms with E-state index in [0.29, 0.717) is 36.0 Å². The molecule has 0 amide bonds. The molecular formula is C15H14N6. The standard InChI is InChI=1S/C15H14N6/c1-2-8-21-10-18-12-13(16)19-15(20-14(12)21)17-9-11-6-4-3-5-7-11/h1,3-7,10H,8-9H2,(H3,16,17,19,20). The number of terminal acetylenes is 1. The van der Waals surface area contributed by atoms with E-state index >= 15 is 0 Å². The fourth-order valence-corrected chi connectivity index (χ4v) is 2.04. The first-order valence-electron chi connectivity index (χ1n) is 6.47. The van der Waals surface area contributed by atoms with Gasteiger partial charge in [-0.05, 0) is 5.56 Å². The molecule has 2 heterocycles. The molecule has 0 spiro atoms. The van der Waals surface area contributed by atoms with Gasteiger partial charge in [-0.2, -0.15) is 9.97 Å². The largest absolute Gasteiger partial charge is 0.382 e. The molecule has 0 atom stereocenters. The second kappa shape index (κ2) is 5.51. The molecule has 0 aliphatic rings. The third-order valence-corrected chi connectivity index (χ3v) is 3.05. The molecule has 21 heavy (non-hydrogen) atoms. The summed E-state index contributed by atoms with van der Waals surface area (Å²) < 4.78 is 1.76. The van der Waals surface area contributed by atoms with Crippen LogP contribution >= 0.6 is 0 Å². The van der Waals surface area contributed by atoms with Crippen LogP contribution in [-0.2, 0) is 13.1 Å². The normalized spacial score (nSPS) is 10.4. The van der Waals surface area contributed by atoms with Crippen molar-refractivity contribution < 1.29 is 0 Å². The highest BCUT2D eigenvalue weighted by molar-refractivity contribution is 5.82. The summed E-state index contributed by atoms with van der Waals surface area (Å²) in [5.74, 6) is 3.36. The van der Waals surface area contributed by atoms with E-state index in [1.165, 1.54) is 0 Å². The lowest BCUT2D eigenvalue weighted by Crippen LogP contribution is -2.07. The van der Waals surface area contributed by atoms with E-state index in [2.05, 4.69) is 26.2 Å². The van der Waals surface area contributed by atoms with Crippen molar-refractivity contribution in [2.75, 3.05) is 11.1 Å². The number of nitrogen functional groups attached to an aromatic ring is 1. The van der Waals surface area contributed by atoms with Gasteiger partial charge in [0.25, 0.3) is 0 Å². The second-order valence-corrected chi connectivity index (χ2v) is 4.52. The summed E-state index contributed by atoms with van der Waals surface area (Å²) in [5, 5.41) is 3.16. The number of fused-ring (bicyclic) bond motifs is 1. The number of imidazole rings is 1. The van der Waals surface area contributed by atoms with Crippen LogP contribution in [0.1, 0.15) is 5.56 Å². The molecule has 3 aromatic rings. The number of benzene rings is 1. The third kappa shape index (κ3) is 2.62. The number of nitrogens with two attached hydrogens (primary N) is 1. The van der Waals surface area contributed by atoms with Crippen molar-refractivity contribution in [3.8, 4) is 12.3 Å². The van der Waals surface area contributed by atoms with Crippen LogP contribution in [0.25, 0.3) is 11.2 Å². The van der Waals surface area contributed by atoms with Gasteiger partial charge in [-0.15, -0.1) is 6.42 Å². The number of rotatable bonds is 4. The van der Waals surface area contributed by atoms with E-state index in [-0.39, 0.29) is 0 Å². The van der Waals surface area contributed by atoms with Crippen molar-refractivity contribution in [1.29, 1.82) is 0 Å². The average Bonchev–Trinajstić information content (AvgIpc) is 2.90. The van der Waals surface area contributed by atoms with Crippen molar-refractivity contribution in [3.05, 3.63) is 42.2 Å². The van der Waals surface area contributed by atoms with Crippen LogP contribution in [0.5, 0.6) is 0 Å².